The lowest BCUT2D eigenvalue weighted by atomic mass is 9.80. The van der Waals surface area contributed by atoms with Gasteiger partial charge in [-0.05, 0) is 39.3 Å². The molecule has 6 nitrogen and oxygen atoms in total. The molecule has 47 heavy (non-hydrogen) atoms. The first-order valence-corrected chi connectivity index (χ1v) is 20.0. The van der Waals surface area contributed by atoms with E-state index < -0.39 is 35.3 Å². The minimum Gasteiger partial charge on any atom is -0.456 e. The van der Waals surface area contributed by atoms with E-state index in [0.717, 1.165) is 38.5 Å². The van der Waals surface area contributed by atoms with Crippen LogP contribution in [0.25, 0.3) is 0 Å². The molecule has 0 rings (SSSR count). The average molecular weight is 664 g/mol. The zero-order chi connectivity index (χ0) is 35.0. The molecule has 0 aromatic carbocycles. The van der Waals surface area contributed by atoms with Crippen molar-refractivity contribution in [2.75, 3.05) is 7.05 Å². The van der Waals surface area contributed by atoms with Crippen LogP contribution in [-0.4, -0.2) is 47.4 Å². The summed E-state index contributed by atoms with van der Waals surface area (Å²) in [6, 6.07) is -1.05. The normalized spacial score (nSPS) is 14.3. The highest BCUT2D eigenvalue weighted by Gasteiger charge is 2.50. The van der Waals surface area contributed by atoms with E-state index in [4.69, 9.17) is 4.74 Å². The van der Waals surface area contributed by atoms with E-state index in [1.165, 1.54) is 142 Å². The number of nitrogens with one attached hydrogen (secondary N) is 1. The fraction of sp³-hybridized carbons (Fsp3) is 0.878. The lowest BCUT2D eigenvalue weighted by molar-refractivity contribution is -0.162. The van der Waals surface area contributed by atoms with E-state index in [0.29, 0.717) is 6.42 Å². The van der Waals surface area contributed by atoms with Crippen LogP contribution in [0.2, 0.25) is 0 Å². The van der Waals surface area contributed by atoms with Gasteiger partial charge in [0.1, 0.15) is 6.10 Å². The van der Waals surface area contributed by atoms with Crippen LogP contribution in [0.5, 0.6) is 0 Å². The number of Topliss-reactive ketones (excluding diaryl/α,β-unsaturated/α-hetero) is 2. The Bertz CT molecular complexity index is 797. The van der Waals surface area contributed by atoms with Crippen LogP contribution in [0.15, 0.2) is 12.2 Å². The van der Waals surface area contributed by atoms with Gasteiger partial charge in [0, 0.05) is 13.3 Å². The van der Waals surface area contributed by atoms with Gasteiger partial charge in [0.05, 0.1) is 6.04 Å². The Morgan fingerprint density at radius 2 is 0.979 bits per heavy atom. The summed E-state index contributed by atoms with van der Waals surface area (Å²) >= 11 is 0. The van der Waals surface area contributed by atoms with Crippen LogP contribution in [0.3, 0.4) is 0 Å². The summed E-state index contributed by atoms with van der Waals surface area (Å²) in [5, 5.41) is 14.5. The molecule has 0 aliphatic carbocycles. The third-order valence-corrected chi connectivity index (χ3v) is 9.66. The van der Waals surface area contributed by atoms with E-state index in [9.17, 15) is 19.5 Å². The van der Waals surface area contributed by atoms with Crippen molar-refractivity contribution >= 4 is 17.5 Å². The smallest absolute Gasteiger partial charge is 0.303 e. The Kier molecular flexibility index (Phi) is 30.7. The van der Waals surface area contributed by atoms with E-state index >= 15 is 0 Å². The van der Waals surface area contributed by atoms with Gasteiger partial charge in [0.25, 0.3) is 0 Å². The summed E-state index contributed by atoms with van der Waals surface area (Å²) < 4.78 is 5.54. The molecular formula is C41H77NO5. The molecule has 0 radical (unpaired) electrons. The maximum absolute atomic E-state index is 13.3. The van der Waals surface area contributed by atoms with Crippen LogP contribution < -0.4 is 5.32 Å². The first-order chi connectivity index (χ1) is 22.7. The zero-order valence-corrected chi connectivity index (χ0v) is 31.7. The number of aliphatic hydroxyl groups is 1. The van der Waals surface area contributed by atoms with Crippen LogP contribution in [0.4, 0.5) is 0 Å². The lowest BCUT2D eigenvalue weighted by Crippen LogP contribution is -2.64. The topological polar surface area (TPSA) is 92.7 Å². The monoisotopic (exact) mass is 664 g/mol. The molecular weight excluding hydrogens is 586 g/mol. The molecule has 0 saturated heterocycles. The molecule has 0 aliphatic heterocycles. The van der Waals surface area contributed by atoms with Crippen molar-refractivity contribution in [3.63, 3.8) is 0 Å². The van der Waals surface area contributed by atoms with Crippen LogP contribution in [0.1, 0.15) is 207 Å². The van der Waals surface area contributed by atoms with E-state index in [1.54, 1.807) is 13.1 Å². The van der Waals surface area contributed by atoms with Gasteiger partial charge in [0.15, 0.2) is 17.2 Å². The Morgan fingerprint density at radius 1 is 0.617 bits per heavy atom. The van der Waals surface area contributed by atoms with Crippen LogP contribution in [0, 0.1) is 0 Å². The van der Waals surface area contributed by atoms with Crippen molar-refractivity contribution in [3.05, 3.63) is 12.2 Å². The number of carbonyl (C=O) groups is 3. The highest BCUT2D eigenvalue weighted by atomic mass is 16.5. The number of ether oxygens (including phenoxy) is 1. The van der Waals surface area contributed by atoms with Gasteiger partial charge in [-0.15, -0.1) is 0 Å². The number of unbranched alkanes of at least 4 members (excludes halogenated alkanes) is 25. The number of allylic oxidation sites excluding steroid dienone is 1. The molecule has 3 atom stereocenters. The second-order valence-electron chi connectivity index (χ2n) is 14.0. The Hall–Kier alpha value is -1.53. The fourth-order valence-corrected chi connectivity index (χ4v) is 6.61. The number of likely N-dealkylation sites (N-methyl/N-ethyl adjacent to an activating group) is 1. The summed E-state index contributed by atoms with van der Waals surface area (Å²) in [5.74, 6) is -1.65. The first kappa shape index (κ1) is 45.5. The van der Waals surface area contributed by atoms with Crippen molar-refractivity contribution in [3.8, 4) is 0 Å². The second kappa shape index (κ2) is 31.7. The predicted octanol–water partition coefficient (Wildman–Crippen LogP) is 10.9. The quantitative estimate of drug-likeness (QED) is 0.0303. The highest BCUT2D eigenvalue weighted by Crippen LogP contribution is 2.24. The Balaban J connectivity index is 4.55. The largest absolute Gasteiger partial charge is 0.456 e. The van der Waals surface area contributed by atoms with Crippen molar-refractivity contribution in [2.24, 2.45) is 0 Å². The number of ketones is 2. The van der Waals surface area contributed by atoms with Crippen LogP contribution in [-0.2, 0) is 19.1 Å². The molecule has 0 saturated carbocycles. The highest BCUT2D eigenvalue weighted by molar-refractivity contribution is 6.10. The minimum atomic E-state index is -2.26. The second-order valence-corrected chi connectivity index (χ2v) is 14.0. The zero-order valence-electron chi connectivity index (χ0n) is 31.7. The van der Waals surface area contributed by atoms with Crippen molar-refractivity contribution < 1.29 is 24.2 Å². The third-order valence-electron chi connectivity index (χ3n) is 9.66. The Morgan fingerprint density at radius 3 is 1.32 bits per heavy atom. The lowest BCUT2D eigenvalue weighted by Gasteiger charge is -2.36. The first-order valence-electron chi connectivity index (χ1n) is 20.0. The van der Waals surface area contributed by atoms with Crippen molar-refractivity contribution in [1.29, 1.82) is 0 Å². The summed E-state index contributed by atoms with van der Waals surface area (Å²) in [5.41, 5.74) is -2.26. The molecule has 0 bridgehead atoms. The molecule has 0 aromatic rings. The van der Waals surface area contributed by atoms with Gasteiger partial charge in [-0.3, -0.25) is 14.4 Å². The molecule has 0 aromatic heterocycles. The summed E-state index contributed by atoms with van der Waals surface area (Å²) in [6.07, 6.45) is 36.1. The SMILES string of the molecule is CCCCCCCCCCCCCC=CC(OC(C)=O)C(NC)C(O)(C(C)=O)C(=O)CCCCCCCCCCCCCCCCC. The maximum Gasteiger partial charge on any atom is 0.303 e. The van der Waals surface area contributed by atoms with Gasteiger partial charge in [-0.25, -0.2) is 0 Å². The summed E-state index contributed by atoms with van der Waals surface area (Å²) in [4.78, 5) is 38.1. The molecule has 3 unspecified atom stereocenters. The maximum atomic E-state index is 13.3. The van der Waals surface area contributed by atoms with Gasteiger partial charge >= 0.3 is 5.97 Å². The number of carbonyl (C=O) groups excluding carboxylic acids is 3. The molecule has 0 spiro atoms. The standard InChI is InChI=1S/C41H77NO5/c1-6-8-10-12-14-16-18-20-21-23-25-27-29-31-33-35-39(45)41(46,36(3)43)40(42-5)38(47-37(4)44)34-32-30-28-26-24-22-19-17-15-13-11-9-7-2/h32,34,38,40,42,46H,6-31,33,35H2,1-5H3. The molecule has 2 N–H and O–H groups in total. The summed E-state index contributed by atoms with van der Waals surface area (Å²) in [7, 11) is 1.59. The molecule has 0 fully saturated rings. The van der Waals surface area contributed by atoms with Crippen molar-refractivity contribution in [1.82, 2.24) is 5.32 Å². The van der Waals surface area contributed by atoms with Gasteiger partial charge in [-0.1, -0.05) is 174 Å². The average Bonchev–Trinajstić information content (AvgIpc) is 3.04. The van der Waals surface area contributed by atoms with Gasteiger partial charge in [0.2, 0.25) is 0 Å². The van der Waals surface area contributed by atoms with Gasteiger partial charge in [-0.2, -0.15) is 0 Å². The molecule has 0 aliphatic rings. The van der Waals surface area contributed by atoms with E-state index in [2.05, 4.69) is 19.2 Å². The third kappa shape index (κ3) is 23.5. The van der Waals surface area contributed by atoms with E-state index in [-0.39, 0.29) is 6.42 Å². The van der Waals surface area contributed by atoms with E-state index in [1.807, 2.05) is 6.08 Å². The predicted molar refractivity (Wildman–Crippen MR) is 199 cm³/mol. The molecule has 0 amide bonds. The fourth-order valence-electron chi connectivity index (χ4n) is 6.61. The number of hydrogen-bond acceptors (Lipinski definition) is 6. The van der Waals surface area contributed by atoms with Gasteiger partial charge < -0.3 is 15.2 Å². The molecule has 276 valence electrons. The number of esters is 1. The minimum absolute atomic E-state index is 0.127. The molecule has 6 heteroatoms. The summed E-state index contributed by atoms with van der Waals surface area (Å²) in [6.45, 7) is 7.06. The number of rotatable bonds is 35. The number of hydrogen-bond donors (Lipinski definition) is 2. The van der Waals surface area contributed by atoms with Crippen molar-refractivity contribution in [2.45, 2.75) is 225 Å². The Labute approximate surface area is 291 Å². The van der Waals surface area contributed by atoms with Crippen LogP contribution >= 0.6 is 0 Å². The molecule has 0 heterocycles.